The standard InChI is InChI=1S/C12H23NO4S/c1-9(14)11(12(16)17)13-10(15)7-5-3-4-6-8-18-2/h9,11,14H,3-8H2,1-2H3,(H,13,15)(H,16,17). The van der Waals surface area contributed by atoms with Gasteiger partial charge >= 0.3 is 5.97 Å². The lowest BCUT2D eigenvalue weighted by Crippen LogP contribution is -2.47. The zero-order valence-electron chi connectivity index (χ0n) is 11.0. The van der Waals surface area contributed by atoms with E-state index in [2.05, 4.69) is 11.6 Å². The minimum absolute atomic E-state index is 0.312. The molecule has 0 aliphatic carbocycles. The third kappa shape index (κ3) is 8.36. The van der Waals surface area contributed by atoms with Crippen molar-refractivity contribution in [1.29, 1.82) is 0 Å². The van der Waals surface area contributed by atoms with Crippen molar-refractivity contribution in [3.05, 3.63) is 0 Å². The first-order chi connectivity index (χ1) is 8.49. The second kappa shape index (κ2) is 10.2. The van der Waals surface area contributed by atoms with Crippen molar-refractivity contribution in [1.82, 2.24) is 5.32 Å². The van der Waals surface area contributed by atoms with Gasteiger partial charge in [-0.1, -0.05) is 12.8 Å². The first kappa shape index (κ1) is 17.2. The summed E-state index contributed by atoms with van der Waals surface area (Å²) in [4.78, 5) is 22.2. The Morgan fingerprint density at radius 1 is 1.22 bits per heavy atom. The van der Waals surface area contributed by atoms with Crippen molar-refractivity contribution < 1.29 is 19.8 Å². The van der Waals surface area contributed by atoms with Crippen molar-refractivity contribution in [3.63, 3.8) is 0 Å². The number of amides is 1. The van der Waals surface area contributed by atoms with Crippen molar-refractivity contribution in [2.24, 2.45) is 0 Å². The van der Waals surface area contributed by atoms with Crippen LogP contribution < -0.4 is 5.32 Å². The third-order valence-electron chi connectivity index (χ3n) is 2.57. The first-order valence-electron chi connectivity index (χ1n) is 6.18. The molecule has 1 amide bonds. The molecule has 0 spiro atoms. The predicted octanol–water partition coefficient (Wildman–Crippen LogP) is 1.25. The van der Waals surface area contributed by atoms with Crippen molar-refractivity contribution >= 4 is 23.6 Å². The van der Waals surface area contributed by atoms with Crippen LogP contribution in [0.15, 0.2) is 0 Å². The van der Waals surface area contributed by atoms with Gasteiger partial charge in [0.2, 0.25) is 5.91 Å². The van der Waals surface area contributed by atoms with Crippen LogP contribution in [0.5, 0.6) is 0 Å². The van der Waals surface area contributed by atoms with Gasteiger partial charge in [-0.3, -0.25) is 4.79 Å². The molecule has 0 fully saturated rings. The fourth-order valence-corrected chi connectivity index (χ4v) is 2.01. The van der Waals surface area contributed by atoms with Crippen LogP contribution in [0.4, 0.5) is 0 Å². The van der Waals surface area contributed by atoms with Crippen LogP contribution >= 0.6 is 11.8 Å². The van der Waals surface area contributed by atoms with E-state index in [4.69, 9.17) is 5.11 Å². The molecule has 0 aromatic carbocycles. The monoisotopic (exact) mass is 277 g/mol. The first-order valence-corrected chi connectivity index (χ1v) is 7.57. The summed E-state index contributed by atoms with van der Waals surface area (Å²) in [5.41, 5.74) is 0. The molecular formula is C12H23NO4S. The van der Waals surface area contributed by atoms with Crippen molar-refractivity contribution in [2.45, 2.75) is 51.2 Å². The molecule has 18 heavy (non-hydrogen) atoms. The molecule has 0 aliphatic heterocycles. The number of carboxylic acid groups (broad SMARTS) is 1. The molecule has 2 atom stereocenters. The molecule has 0 saturated heterocycles. The van der Waals surface area contributed by atoms with Gasteiger partial charge in [-0.05, 0) is 31.8 Å². The molecule has 2 unspecified atom stereocenters. The Kier molecular flexibility index (Phi) is 9.77. The number of aliphatic hydroxyl groups excluding tert-OH is 1. The molecule has 0 aliphatic rings. The summed E-state index contributed by atoms with van der Waals surface area (Å²) in [5.74, 6) is -0.388. The van der Waals surface area contributed by atoms with Gasteiger partial charge in [0.15, 0.2) is 6.04 Å². The number of carboxylic acids is 1. The number of rotatable bonds is 10. The van der Waals surface area contributed by atoms with E-state index in [9.17, 15) is 14.7 Å². The minimum atomic E-state index is -1.21. The van der Waals surface area contributed by atoms with E-state index in [0.29, 0.717) is 6.42 Å². The quantitative estimate of drug-likeness (QED) is 0.523. The minimum Gasteiger partial charge on any atom is -0.480 e. The Balaban J connectivity index is 3.72. The Bertz CT molecular complexity index is 258. The van der Waals surface area contributed by atoms with E-state index in [-0.39, 0.29) is 5.91 Å². The van der Waals surface area contributed by atoms with Crippen LogP contribution in [0.2, 0.25) is 0 Å². The average molecular weight is 277 g/mol. The number of thioether (sulfide) groups is 1. The molecule has 0 aromatic rings. The topological polar surface area (TPSA) is 86.6 Å². The maximum Gasteiger partial charge on any atom is 0.328 e. The largest absolute Gasteiger partial charge is 0.480 e. The lowest BCUT2D eigenvalue weighted by molar-refractivity contribution is -0.144. The SMILES string of the molecule is CSCCCCCCC(=O)NC(C(=O)O)C(C)O. The van der Waals surface area contributed by atoms with Crippen molar-refractivity contribution in [2.75, 3.05) is 12.0 Å². The van der Waals surface area contributed by atoms with Crippen LogP contribution in [0.25, 0.3) is 0 Å². The number of hydrogen-bond donors (Lipinski definition) is 3. The molecule has 106 valence electrons. The number of aliphatic hydroxyl groups is 1. The number of aliphatic carboxylic acids is 1. The molecule has 6 heteroatoms. The number of hydrogen-bond acceptors (Lipinski definition) is 4. The number of carbonyl (C=O) groups excluding carboxylic acids is 1. The maximum atomic E-state index is 11.5. The summed E-state index contributed by atoms with van der Waals surface area (Å²) in [6.07, 6.45) is 5.26. The zero-order valence-corrected chi connectivity index (χ0v) is 11.8. The Labute approximate surface area is 112 Å². The normalized spacial score (nSPS) is 13.9. The molecule has 0 rings (SSSR count). The Morgan fingerprint density at radius 3 is 2.33 bits per heavy atom. The number of unbranched alkanes of at least 4 members (excludes halogenated alkanes) is 3. The van der Waals surface area contributed by atoms with Gasteiger partial charge in [-0.15, -0.1) is 0 Å². The highest BCUT2D eigenvalue weighted by atomic mass is 32.2. The molecule has 0 saturated carbocycles. The van der Waals surface area contributed by atoms with E-state index in [1.165, 1.54) is 6.92 Å². The van der Waals surface area contributed by atoms with Gasteiger partial charge in [0.25, 0.3) is 0 Å². The summed E-state index contributed by atoms with van der Waals surface area (Å²) in [7, 11) is 0. The average Bonchev–Trinajstić information content (AvgIpc) is 2.29. The smallest absolute Gasteiger partial charge is 0.328 e. The van der Waals surface area contributed by atoms with Gasteiger partial charge in [0.1, 0.15) is 0 Å². The lowest BCUT2D eigenvalue weighted by atomic mass is 10.1. The number of nitrogens with one attached hydrogen (secondary N) is 1. The van der Waals surface area contributed by atoms with E-state index >= 15 is 0 Å². The molecule has 3 N–H and O–H groups in total. The van der Waals surface area contributed by atoms with E-state index in [0.717, 1.165) is 31.4 Å². The van der Waals surface area contributed by atoms with E-state index in [1.54, 1.807) is 0 Å². The van der Waals surface area contributed by atoms with Gasteiger partial charge in [-0.25, -0.2) is 4.79 Å². The van der Waals surface area contributed by atoms with Crippen molar-refractivity contribution in [3.8, 4) is 0 Å². The zero-order chi connectivity index (χ0) is 14.0. The fraction of sp³-hybridized carbons (Fsp3) is 0.833. The lowest BCUT2D eigenvalue weighted by Gasteiger charge is -2.16. The molecule has 0 bridgehead atoms. The molecule has 0 heterocycles. The Morgan fingerprint density at radius 2 is 1.83 bits per heavy atom. The maximum absolute atomic E-state index is 11.5. The highest BCUT2D eigenvalue weighted by molar-refractivity contribution is 7.98. The Hall–Kier alpha value is -0.750. The van der Waals surface area contributed by atoms with Gasteiger partial charge in [0.05, 0.1) is 6.10 Å². The summed E-state index contributed by atoms with van der Waals surface area (Å²) in [6.45, 7) is 1.35. The molecule has 5 nitrogen and oxygen atoms in total. The molecule has 0 radical (unpaired) electrons. The van der Waals surface area contributed by atoms with Gasteiger partial charge < -0.3 is 15.5 Å². The number of carbonyl (C=O) groups is 2. The summed E-state index contributed by atoms with van der Waals surface area (Å²) in [6, 6.07) is -1.21. The molecular weight excluding hydrogens is 254 g/mol. The summed E-state index contributed by atoms with van der Waals surface area (Å²) in [5, 5.41) is 20.3. The molecule has 0 aromatic heterocycles. The van der Waals surface area contributed by atoms with Crippen LogP contribution in [0.1, 0.15) is 39.0 Å². The van der Waals surface area contributed by atoms with Crippen LogP contribution in [-0.4, -0.2) is 46.2 Å². The van der Waals surface area contributed by atoms with Crippen LogP contribution in [0, 0.1) is 0 Å². The summed E-state index contributed by atoms with van der Waals surface area (Å²) < 4.78 is 0. The van der Waals surface area contributed by atoms with Gasteiger partial charge in [-0.2, -0.15) is 11.8 Å². The highest BCUT2D eigenvalue weighted by Gasteiger charge is 2.24. The fourth-order valence-electron chi connectivity index (χ4n) is 1.52. The third-order valence-corrected chi connectivity index (χ3v) is 3.26. The van der Waals surface area contributed by atoms with E-state index in [1.807, 2.05) is 11.8 Å². The second-order valence-corrected chi connectivity index (χ2v) is 5.27. The van der Waals surface area contributed by atoms with E-state index < -0.39 is 18.1 Å². The second-order valence-electron chi connectivity index (χ2n) is 4.28. The van der Waals surface area contributed by atoms with Crippen LogP contribution in [0.3, 0.4) is 0 Å². The van der Waals surface area contributed by atoms with Crippen LogP contribution in [-0.2, 0) is 9.59 Å². The highest BCUT2D eigenvalue weighted by Crippen LogP contribution is 2.06. The van der Waals surface area contributed by atoms with Gasteiger partial charge in [0, 0.05) is 6.42 Å². The predicted molar refractivity (Wildman–Crippen MR) is 72.7 cm³/mol. The summed E-state index contributed by atoms with van der Waals surface area (Å²) >= 11 is 1.81.